The van der Waals surface area contributed by atoms with Gasteiger partial charge in [-0.2, -0.15) is 5.10 Å². The monoisotopic (exact) mass is 450 g/mol. The summed E-state index contributed by atoms with van der Waals surface area (Å²) in [6, 6.07) is 22.4. The molecule has 0 spiro atoms. The van der Waals surface area contributed by atoms with Crippen molar-refractivity contribution in [3.8, 4) is 11.5 Å². The van der Waals surface area contributed by atoms with Crippen LogP contribution in [-0.4, -0.2) is 24.2 Å². The molecule has 0 saturated carbocycles. The predicted molar refractivity (Wildman–Crippen MR) is 124 cm³/mol. The van der Waals surface area contributed by atoms with Gasteiger partial charge in [-0.3, -0.25) is 4.79 Å². The van der Waals surface area contributed by atoms with Crippen molar-refractivity contribution in [1.82, 2.24) is 5.43 Å². The van der Waals surface area contributed by atoms with E-state index in [1.54, 1.807) is 72.8 Å². The SMILES string of the molecule is CCCC(Oc1ccc(Cl)cc1)C(=O)NN=Cc1ccc(OC(=O)c2ccccc2)cc1. The number of ether oxygens (including phenoxy) is 2. The lowest BCUT2D eigenvalue weighted by atomic mass is 10.2. The van der Waals surface area contributed by atoms with Gasteiger partial charge in [0, 0.05) is 5.02 Å². The number of carbonyl (C=O) groups excluding carboxylic acids is 2. The highest BCUT2D eigenvalue weighted by atomic mass is 35.5. The number of amides is 1. The molecule has 0 aliphatic heterocycles. The number of hydrogen-bond acceptors (Lipinski definition) is 5. The summed E-state index contributed by atoms with van der Waals surface area (Å²) in [5.74, 6) is 0.209. The van der Waals surface area contributed by atoms with E-state index in [2.05, 4.69) is 10.5 Å². The Balaban J connectivity index is 1.54. The standard InChI is InChI=1S/C25H23ClN2O4/c1-2-6-23(31-21-15-11-20(26)12-16-21)24(29)28-27-17-18-9-13-22(14-10-18)32-25(30)19-7-4-3-5-8-19/h3-5,7-17,23H,2,6H2,1H3,(H,28,29). The minimum absolute atomic E-state index is 0.341. The first-order valence-corrected chi connectivity index (χ1v) is 10.6. The third-order valence-corrected chi connectivity index (χ3v) is 4.68. The van der Waals surface area contributed by atoms with Crippen LogP contribution in [-0.2, 0) is 4.79 Å². The van der Waals surface area contributed by atoms with E-state index >= 15 is 0 Å². The molecule has 32 heavy (non-hydrogen) atoms. The highest BCUT2D eigenvalue weighted by molar-refractivity contribution is 6.30. The van der Waals surface area contributed by atoms with Gasteiger partial charge in [0.25, 0.3) is 5.91 Å². The van der Waals surface area contributed by atoms with E-state index in [0.29, 0.717) is 28.5 Å². The zero-order valence-electron chi connectivity index (χ0n) is 17.5. The molecule has 0 saturated heterocycles. The Morgan fingerprint density at radius 2 is 1.62 bits per heavy atom. The molecule has 0 heterocycles. The molecule has 1 atom stereocenters. The van der Waals surface area contributed by atoms with E-state index in [1.807, 2.05) is 13.0 Å². The lowest BCUT2D eigenvalue weighted by Gasteiger charge is -2.16. The number of carbonyl (C=O) groups is 2. The number of nitrogens with one attached hydrogen (secondary N) is 1. The summed E-state index contributed by atoms with van der Waals surface area (Å²) in [6.45, 7) is 1.97. The van der Waals surface area contributed by atoms with Crippen LogP contribution in [0.2, 0.25) is 5.02 Å². The number of hydrazone groups is 1. The third kappa shape index (κ3) is 6.96. The van der Waals surface area contributed by atoms with Gasteiger partial charge in [0.05, 0.1) is 11.8 Å². The summed E-state index contributed by atoms with van der Waals surface area (Å²) in [5.41, 5.74) is 3.72. The second-order valence-corrected chi connectivity index (χ2v) is 7.34. The number of hydrogen-bond donors (Lipinski definition) is 1. The van der Waals surface area contributed by atoms with Gasteiger partial charge < -0.3 is 9.47 Å². The smallest absolute Gasteiger partial charge is 0.343 e. The molecule has 7 heteroatoms. The second-order valence-electron chi connectivity index (χ2n) is 6.91. The number of nitrogens with zero attached hydrogens (tertiary/aromatic N) is 1. The lowest BCUT2D eigenvalue weighted by molar-refractivity contribution is -0.128. The van der Waals surface area contributed by atoms with Crippen molar-refractivity contribution < 1.29 is 19.1 Å². The summed E-state index contributed by atoms with van der Waals surface area (Å²) < 4.78 is 11.1. The summed E-state index contributed by atoms with van der Waals surface area (Å²) in [5, 5.41) is 4.60. The molecule has 164 valence electrons. The number of rotatable bonds is 9. The van der Waals surface area contributed by atoms with Gasteiger partial charge in [0.1, 0.15) is 11.5 Å². The average molecular weight is 451 g/mol. The predicted octanol–water partition coefficient (Wildman–Crippen LogP) is 5.26. The Morgan fingerprint density at radius 1 is 0.969 bits per heavy atom. The zero-order valence-corrected chi connectivity index (χ0v) is 18.3. The molecular formula is C25H23ClN2O4. The maximum absolute atomic E-state index is 12.5. The van der Waals surface area contributed by atoms with Crippen LogP contribution < -0.4 is 14.9 Å². The summed E-state index contributed by atoms with van der Waals surface area (Å²) in [4.78, 5) is 24.6. The van der Waals surface area contributed by atoms with Crippen molar-refractivity contribution in [2.24, 2.45) is 5.10 Å². The fraction of sp³-hybridized carbons (Fsp3) is 0.160. The van der Waals surface area contributed by atoms with Gasteiger partial charge in [0.2, 0.25) is 0 Å². The molecule has 1 amide bonds. The minimum atomic E-state index is -0.668. The van der Waals surface area contributed by atoms with Gasteiger partial charge >= 0.3 is 5.97 Å². The maximum atomic E-state index is 12.5. The molecule has 1 N–H and O–H groups in total. The van der Waals surface area contributed by atoms with E-state index in [0.717, 1.165) is 12.0 Å². The average Bonchev–Trinajstić information content (AvgIpc) is 2.82. The van der Waals surface area contributed by atoms with Gasteiger partial charge in [-0.15, -0.1) is 0 Å². The van der Waals surface area contributed by atoms with Gasteiger partial charge in [-0.1, -0.05) is 43.1 Å². The van der Waals surface area contributed by atoms with Crippen LogP contribution in [0.1, 0.15) is 35.7 Å². The van der Waals surface area contributed by atoms with E-state index < -0.39 is 12.1 Å². The molecule has 0 radical (unpaired) electrons. The molecule has 1 unspecified atom stereocenters. The van der Waals surface area contributed by atoms with Crippen LogP contribution in [0.25, 0.3) is 0 Å². The molecule has 3 aromatic carbocycles. The first-order valence-electron chi connectivity index (χ1n) is 10.2. The quantitative estimate of drug-likeness (QED) is 0.209. The topological polar surface area (TPSA) is 77.0 Å². The van der Waals surface area contributed by atoms with Crippen LogP contribution in [0.15, 0.2) is 84.0 Å². The molecular weight excluding hydrogens is 428 g/mol. The normalized spacial score (nSPS) is 11.7. The highest BCUT2D eigenvalue weighted by Gasteiger charge is 2.19. The Morgan fingerprint density at radius 3 is 2.28 bits per heavy atom. The summed E-state index contributed by atoms with van der Waals surface area (Å²) >= 11 is 5.88. The lowest BCUT2D eigenvalue weighted by Crippen LogP contribution is -2.35. The molecule has 6 nitrogen and oxygen atoms in total. The molecule has 0 fully saturated rings. The fourth-order valence-electron chi connectivity index (χ4n) is 2.79. The van der Waals surface area contributed by atoms with E-state index in [9.17, 15) is 9.59 Å². The van der Waals surface area contributed by atoms with Gasteiger partial charge in [-0.25, -0.2) is 10.2 Å². The van der Waals surface area contributed by atoms with Crippen LogP contribution in [0.4, 0.5) is 0 Å². The van der Waals surface area contributed by atoms with Gasteiger partial charge in [-0.05, 0) is 72.6 Å². The molecule has 0 aliphatic carbocycles. The first kappa shape index (κ1) is 23.0. The summed E-state index contributed by atoms with van der Waals surface area (Å²) in [7, 11) is 0. The minimum Gasteiger partial charge on any atom is -0.481 e. The highest BCUT2D eigenvalue weighted by Crippen LogP contribution is 2.18. The first-order chi connectivity index (χ1) is 15.5. The Kier molecular flexibility index (Phi) is 8.40. The number of benzene rings is 3. The molecule has 0 aliphatic rings. The van der Waals surface area contributed by atoms with E-state index in [1.165, 1.54) is 6.21 Å². The Bertz CT molecular complexity index is 1050. The molecule has 3 aromatic rings. The number of halogens is 1. The summed E-state index contributed by atoms with van der Waals surface area (Å²) in [6.07, 6.45) is 2.16. The largest absolute Gasteiger partial charge is 0.481 e. The van der Waals surface area contributed by atoms with Crippen molar-refractivity contribution in [2.45, 2.75) is 25.9 Å². The fourth-order valence-corrected chi connectivity index (χ4v) is 2.91. The van der Waals surface area contributed by atoms with Crippen molar-refractivity contribution >= 4 is 29.7 Å². The van der Waals surface area contributed by atoms with Crippen molar-refractivity contribution in [1.29, 1.82) is 0 Å². The Labute approximate surface area is 191 Å². The zero-order chi connectivity index (χ0) is 22.8. The van der Waals surface area contributed by atoms with Crippen LogP contribution >= 0.6 is 11.6 Å². The van der Waals surface area contributed by atoms with Gasteiger partial charge in [0.15, 0.2) is 6.10 Å². The van der Waals surface area contributed by atoms with Crippen molar-refractivity contribution in [2.75, 3.05) is 0 Å². The van der Waals surface area contributed by atoms with E-state index in [4.69, 9.17) is 21.1 Å². The van der Waals surface area contributed by atoms with Crippen molar-refractivity contribution in [3.05, 3.63) is 95.0 Å². The van der Waals surface area contributed by atoms with Crippen LogP contribution in [0.3, 0.4) is 0 Å². The van der Waals surface area contributed by atoms with E-state index in [-0.39, 0.29) is 5.91 Å². The maximum Gasteiger partial charge on any atom is 0.343 e. The molecule has 0 aromatic heterocycles. The molecule has 3 rings (SSSR count). The van der Waals surface area contributed by atoms with Crippen LogP contribution in [0, 0.1) is 0 Å². The van der Waals surface area contributed by atoms with Crippen molar-refractivity contribution in [3.63, 3.8) is 0 Å². The Hall–Kier alpha value is -3.64. The van der Waals surface area contributed by atoms with Crippen LogP contribution in [0.5, 0.6) is 11.5 Å². The molecule has 0 bridgehead atoms. The second kappa shape index (κ2) is 11.7. The number of esters is 1. The third-order valence-electron chi connectivity index (χ3n) is 4.42.